The van der Waals surface area contributed by atoms with Crippen LogP contribution in [0.25, 0.3) is 0 Å². The Labute approximate surface area is 166 Å². The Hall–Kier alpha value is -0.820. The maximum absolute atomic E-state index is 11.0. The van der Waals surface area contributed by atoms with Crippen LogP contribution < -0.4 is 0 Å². The highest BCUT2D eigenvalue weighted by Crippen LogP contribution is 2.21. The molecule has 0 unspecified atom stereocenters. The molecule has 0 aliphatic heterocycles. The van der Waals surface area contributed by atoms with Gasteiger partial charge in [0.15, 0.2) is 11.6 Å². The highest BCUT2D eigenvalue weighted by Gasteiger charge is 2.04. The van der Waals surface area contributed by atoms with Crippen molar-refractivity contribution >= 4 is 59.4 Å². The van der Waals surface area contributed by atoms with Gasteiger partial charge < -0.3 is 5.11 Å². The van der Waals surface area contributed by atoms with Crippen LogP contribution in [0.2, 0.25) is 0 Å². The van der Waals surface area contributed by atoms with Crippen LogP contribution in [0.1, 0.15) is 45.7 Å². The maximum Gasteiger partial charge on any atom is 0.159 e. The summed E-state index contributed by atoms with van der Waals surface area (Å²) in [5.74, 6) is 0.113. The summed E-state index contributed by atoms with van der Waals surface area (Å²) in [4.78, 5) is 21.9. The van der Waals surface area contributed by atoms with Gasteiger partial charge in [-0.25, -0.2) is 0 Å². The van der Waals surface area contributed by atoms with Crippen LogP contribution in [0.5, 0.6) is 0 Å². The lowest BCUT2D eigenvalue weighted by Gasteiger charge is -2.01. The number of aliphatic hydroxyl groups excluding tert-OH is 1. The normalized spacial score (nSPS) is 9.92. The van der Waals surface area contributed by atoms with Crippen molar-refractivity contribution in [3.8, 4) is 0 Å². The minimum atomic E-state index is -0.0539. The fourth-order valence-corrected chi connectivity index (χ4v) is 3.41. The largest absolute Gasteiger partial charge is 0.392 e. The van der Waals surface area contributed by atoms with Crippen LogP contribution in [0.3, 0.4) is 0 Å². The summed E-state index contributed by atoms with van der Waals surface area (Å²) in [5, 5.41) is 9.64. The molecule has 0 radical (unpaired) electrons. The molecule has 2 aromatic rings. The number of ketones is 2. The molecule has 0 spiro atoms. The molecule has 0 atom stereocenters. The fourth-order valence-electron chi connectivity index (χ4n) is 1.81. The lowest BCUT2D eigenvalue weighted by molar-refractivity contribution is 0.100. The molecule has 2 rings (SSSR count). The fraction of sp³-hybridized carbons (Fsp3) is 0.222. The lowest BCUT2D eigenvalue weighted by atomic mass is 10.1. The predicted octanol–water partition coefficient (Wildman–Crippen LogP) is 5.69. The zero-order valence-corrected chi connectivity index (χ0v) is 18.0. The smallest absolute Gasteiger partial charge is 0.159 e. The van der Waals surface area contributed by atoms with E-state index in [1.807, 2.05) is 18.2 Å². The zero-order valence-electron chi connectivity index (χ0n) is 13.3. The Morgan fingerprint density at radius 2 is 1.29 bits per heavy atom. The monoisotopic (exact) mass is 518 g/mol. The number of hydrogen-bond donors (Lipinski definition) is 1. The van der Waals surface area contributed by atoms with Crippen molar-refractivity contribution < 1.29 is 14.7 Å². The summed E-state index contributed by atoms with van der Waals surface area (Å²) in [7, 11) is 0. The van der Waals surface area contributed by atoms with E-state index in [0.29, 0.717) is 5.56 Å². The van der Waals surface area contributed by atoms with Crippen molar-refractivity contribution in [3.05, 3.63) is 67.6 Å². The van der Waals surface area contributed by atoms with Gasteiger partial charge in [0.05, 0.1) is 6.61 Å². The number of halogens is 3. The second kappa shape index (κ2) is 10.2. The molecule has 0 saturated carbocycles. The number of aliphatic hydroxyl groups is 1. The number of Topliss-reactive ketones (excluding diaryl/α,β-unsaturated/α-hetero) is 2. The highest BCUT2D eigenvalue weighted by atomic mass is 79.9. The van der Waals surface area contributed by atoms with E-state index in [9.17, 15) is 9.59 Å². The van der Waals surface area contributed by atoms with Gasteiger partial charge in [0.25, 0.3) is 0 Å². The summed E-state index contributed by atoms with van der Waals surface area (Å²) in [5.41, 5.74) is 3.22. The van der Waals surface area contributed by atoms with Gasteiger partial charge in [-0.2, -0.15) is 0 Å². The Bertz CT molecular complexity index is 679. The van der Waals surface area contributed by atoms with E-state index < -0.39 is 0 Å². The third-order valence-corrected chi connectivity index (χ3v) is 5.37. The van der Waals surface area contributed by atoms with Gasteiger partial charge in [0.1, 0.15) is 0 Å². The molecule has 2 aromatic carbocycles. The van der Waals surface area contributed by atoms with Crippen molar-refractivity contribution in [2.45, 2.75) is 25.8 Å². The number of carbonyl (C=O) groups excluding carboxylic acids is 2. The molecule has 0 saturated heterocycles. The molecule has 0 aliphatic carbocycles. The third kappa shape index (κ3) is 6.24. The summed E-state index contributed by atoms with van der Waals surface area (Å²) >= 11 is 10.0. The van der Waals surface area contributed by atoms with E-state index in [2.05, 4.69) is 47.8 Å². The van der Waals surface area contributed by atoms with E-state index in [0.717, 1.165) is 31.0 Å². The first-order valence-corrected chi connectivity index (χ1v) is 9.76. The van der Waals surface area contributed by atoms with Crippen molar-refractivity contribution in [2.24, 2.45) is 0 Å². The minimum Gasteiger partial charge on any atom is -0.392 e. The van der Waals surface area contributed by atoms with Gasteiger partial charge in [0.2, 0.25) is 0 Å². The minimum absolute atomic E-state index is 0.0113. The topological polar surface area (TPSA) is 54.4 Å². The Morgan fingerprint density at radius 3 is 1.67 bits per heavy atom. The first-order valence-electron chi connectivity index (χ1n) is 7.05. The SMILES string of the molecule is CC(=O)c1ccc(Br)c(CBr)c1.CC(=O)c1ccc(Br)c(CO)c1. The summed E-state index contributed by atoms with van der Waals surface area (Å²) in [6, 6.07) is 10.8. The number of hydrogen-bond acceptors (Lipinski definition) is 3. The first-order chi connectivity index (χ1) is 11.3. The molecule has 0 fully saturated rings. The van der Waals surface area contributed by atoms with E-state index in [1.54, 1.807) is 25.1 Å². The molecule has 24 heavy (non-hydrogen) atoms. The van der Waals surface area contributed by atoms with Gasteiger partial charge in [-0.1, -0.05) is 59.9 Å². The Morgan fingerprint density at radius 1 is 0.875 bits per heavy atom. The van der Waals surface area contributed by atoms with Crippen LogP contribution in [-0.4, -0.2) is 16.7 Å². The predicted molar refractivity (Wildman–Crippen MR) is 107 cm³/mol. The highest BCUT2D eigenvalue weighted by molar-refractivity contribution is 9.11. The summed E-state index contributed by atoms with van der Waals surface area (Å²) in [6.45, 7) is 3.02. The van der Waals surface area contributed by atoms with Crippen LogP contribution in [0, 0.1) is 0 Å². The number of benzene rings is 2. The number of carbonyl (C=O) groups is 2. The molecule has 6 heteroatoms. The van der Waals surface area contributed by atoms with Gasteiger partial charge in [-0.15, -0.1) is 0 Å². The number of alkyl halides is 1. The van der Waals surface area contributed by atoms with Gasteiger partial charge in [-0.3, -0.25) is 9.59 Å². The Balaban J connectivity index is 0.000000240. The molecule has 3 nitrogen and oxygen atoms in total. The molecule has 128 valence electrons. The zero-order chi connectivity index (χ0) is 18.3. The van der Waals surface area contributed by atoms with Crippen molar-refractivity contribution in [3.63, 3.8) is 0 Å². The van der Waals surface area contributed by atoms with Crippen molar-refractivity contribution in [1.29, 1.82) is 0 Å². The van der Waals surface area contributed by atoms with Gasteiger partial charge in [0, 0.05) is 25.4 Å². The Kier molecular flexibility index (Phi) is 9.05. The van der Waals surface area contributed by atoms with Gasteiger partial charge >= 0.3 is 0 Å². The number of rotatable bonds is 4. The van der Waals surface area contributed by atoms with E-state index >= 15 is 0 Å². The van der Waals surface area contributed by atoms with E-state index in [-0.39, 0.29) is 18.2 Å². The standard InChI is InChI=1S/C9H8Br2O.C9H9BrO2/c1-6(12)7-2-3-9(11)8(4-7)5-10;1-6(12)7-2-3-9(10)8(4-7)5-11/h2-4H,5H2,1H3;2-4,11H,5H2,1H3. The van der Waals surface area contributed by atoms with Crippen LogP contribution in [-0.2, 0) is 11.9 Å². The van der Waals surface area contributed by atoms with Gasteiger partial charge in [-0.05, 0) is 49.2 Å². The van der Waals surface area contributed by atoms with Crippen LogP contribution in [0.15, 0.2) is 45.3 Å². The van der Waals surface area contributed by atoms with Crippen LogP contribution >= 0.6 is 47.8 Å². The third-order valence-electron chi connectivity index (χ3n) is 3.22. The molecule has 0 aromatic heterocycles. The molecule has 0 aliphatic rings. The average molecular weight is 521 g/mol. The maximum atomic E-state index is 11.0. The van der Waals surface area contributed by atoms with E-state index in [4.69, 9.17) is 5.11 Å². The molecule has 0 heterocycles. The van der Waals surface area contributed by atoms with Crippen LogP contribution in [0.4, 0.5) is 0 Å². The average Bonchev–Trinajstić information content (AvgIpc) is 2.55. The molecular weight excluding hydrogens is 504 g/mol. The van der Waals surface area contributed by atoms with Crippen molar-refractivity contribution in [2.75, 3.05) is 0 Å². The molecular formula is C18H17Br3O3. The lowest BCUT2D eigenvalue weighted by Crippen LogP contribution is -1.94. The summed E-state index contributed by atoms with van der Waals surface area (Å²) in [6.07, 6.45) is 0. The summed E-state index contributed by atoms with van der Waals surface area (Å²) < 4.78 is 1.86. The second-order valence-corrected chi connectivity index (χ2v) is 7.29. The first kappa shape index (κ1) is 21.2. The molecule has 0 amide bonds. The molecule has 0 bridgehead atoms. The molecule has 1 N–H and O–H groups in total. The second-order valence-electron chi connectivity index (χ2n) is 5.02. The quantitative estimate of drug-likeness (QED) is 0.416. The van der Waals surface area contributed by atoms with Crippen molar-refractivity contribution in [1.82, 2.24) is 0 Å². The van der Waals surface area contributed by atoms with E-state index in [1.165, 1.54) is 6.92 Å².